The number of aryl methyl sites for hydroxylation is 1. The first kappa shape index (κ1) is 28.2. The molecular weight excluding hydrogens is 512 g/mol. The van der Waals surface area contributed by atoms with Crippen LogP contribution in [0.3, 0.4) is 0 Å². The molecule has 1 amide bonds. The number of amides is 1. The summed E-state index contributed by atoms with van der Waals surface area (Å²) < 4.78 is 7.69. The number of carboxylic acids is 1. The van der Waals surface area contributed by atoms with Crippen LogP contribution in [0.25, 0.3) is 10.9 Å². The highest BCUT2D eigenvalue weighted by atomic mass is 35.5. The van der Waals surface area contributed by atoms with Crippen molar-refractivity contribution in [2.75, 3.05) is 0 Å². The lowest BCUT2D eigenvalue weighted by Gasteiger charge is -2.19. The Morgan fingerprint density at radius 2 is 1.79 bits per heavy atom. The summed E-state index contributed by atoms with van der Waals surface area (Å²) in [5.41, 5.74) is 6.89. The van der Waals surface area contributed by atoms with Gasteiger partial charge in [-0.3, -0.25) is 4.79 Å². The van der Waals surface area contributed by atoms with Gasteiger partial charge >= 0.3 is 5.97 Å². The second-order valence-corrected chi connectivity index (χ2v) is 11.4. The molecule has 0 unspecified atom stereocenters. The molecule has 0 aliphatic heterocycles. The summed E-state index contributed by atoms with van der Waals surface area (Å²) in [6.45, 7) is 13.0. The molecule has 0 fully saturated rings. The van der Waals surface area contributed by atoms with Gasteiger partial charge in [-0.25, -0.2) is 4.79 Å². The maximum atomic E-state index is 13.1. The molecule has 0 saturated heterocycles. The van der Waals surface area contributed by atoms with Crippen LogP contribution in [0.4, 0.5) is 0 Å². The molecule has 6 nitrogen and oxygen atoms in total. The molecule has 4 rings (SSSR count). The van der Waals surface area contributed by atoms with Crippen LogP contribution in [0.15, 0.2) is 60.7 Å². The molecule has 1 heterocycles. The molecule has 0 aliphatic rings. The highest BCUT2D eigenvalue weighted by molar-refractivity contribution is 6.31. The second-order valence-electron chi connectivity index (χ2n) is 11.0. The minimum atomic E-state index is -1.03. The minimum absolute atomic E-state index is 0.0447. The summed E-state index contributed by atoms with van der Waals surface area (Å²) in [7, 11) is 0. The molecule has 7 heteroatoms. The van der Waals surface area contributed by atoms with E-state index < -0.39 is 12.1 Å². The zero-order valence-electron chi connectivity index (χ0n) is 23.3. The highest BCUT2D eigenvalue weighted by Gasteiger charge is 2.18. The number of benzene rings is 3. The average Bonchev–Trinajstić information content (AvgIpc) is 3.13. The van der Waals surface area contributed by atoms with E-state index >= 15 is 0 Å². The van der Waals surface area contributed by atoms with Crippen molar-refractivity contribution in [3.8, 4) is 5.75 Å². The van der Waals surface area contributed by atoms with Crippen molar-refractivity contribution in [1.29, 1.82) is 0 Å². The number of hydrogen-bond donors (Lipinski definition) is 2. The molecule has 0 radical (unpaired) electrons. The third-order valence-electron chi connectivity index (χ3n) is 7.15. The Balaban J connectivity index is 1.56. The van der Waals surface area contributed by atoms with Crippen molar-refractivity contribution in [3.63, 3.8) is 0 Å². The van der Waals surface area contributed by atoms with Crippen molar-refractivity contribution in [2.24, 2.45) is 0 Å². The molecular formula is C32H35ClN2O4. The van der Waals surface area contributed by atoms with E-state index in [1.54, 1.807) is 18.2 Å². The smallest absolute Gasteiger partial charge is 0.344 e. The number of aromatic nitrogens is 1. The summed E-state index contributed by atoms with van der Waals surface area (Å²) >= 11 is 6.50. The van der Waals surface area contributed by atoms with Gasteiger partial charge in [0.15, 0.2) is 6.10 Å². The van der Waals surface area contributed by atoms with Crippen LogP contribution in [-0.4, -0.2) is 27.7 Å². The minimum Gasteiger partial charge on any atom is -0.479 e. The van der Waals surface area contributed by atoms with Crippen LogP contribution in [-0.2, 0) is 23.3 Å². The summed E-state index contributed by atoms with van der Waals surface area (Å²) in [6.07, 6.45) is -0.970. The van der Waals surface area contributed by atoms with E-state index in [0.29, 0.717) is 29.4 Å². The first-order valence-electron chi connectivity index (χ1n) is 13.0. The van der Waals surface area contributed by atoms with Crippen molar-refractivity contribution >= 4 is 34.4 Å². The van der Waals surface area contributed by atoms with E-state index in [0.717, 1.165) is 33.3 Å². The first-order chi connectivity index (χ1) is 18.3. The Kier molecular flexibility index (Phi) is 8.07. The monoisotopic (exact) mass is 546 g/mol. The lowest BCUT2D eigenvalue weighted by atomic mass is 9.86. The number of nitrogens with one attached hydrogen (secondary N) is 1. The van der Waals surface area contributed by atoms with Gasteiger partial charge in [-0.05, 0) is 84.8 Å². The fraction of sp³-hybridized carbons (Fsp3) is 0.312. The summed E-state index contributed by atoms with van der Waals surface area (Å²) in [5.74, 6) is -0.710. The number of rotatable bonds is 8. The zero-order chi connectivity index (χ0) is 28.5. The Bertz CT molecular complexity index is 1550. The summed E-state index contributed by atoms with van der Waals surface area (Å²) in [6, 6.07) is 19.2. The standard InChI is InChI=1S/C32H35ClN2O4/c1-19-20(2)35(18-24-15-26(11-12-28(24)33)39-21(3)31(37)38)29-13-10-23(16-27(19)29)30(36)34-17-22-8-7-9-25(14-22)32(4,5)6/h7-16,21H,17-18H2,1-6H3,(H,34,36)(H,37,38)/t21-/m0/s1. The topological polar surface area (TPSA) is 80.6 Å². The molecule has 4 aromatic rings. The Labute approximate surface area is 234 Å². The number of carboxylic acid groups (broad SMARTS) is 1. The molecule has 0 spiro atoms. The summed E-state index contributed by atoms with van der Waals surface area (Å²) in [4.78, 5) is 24.3. The predicted octanol–water partition coefficient (Wildman–Crippen LogP) is 7.04. The molecule has 0 aliphatic carbocycles. The van der Waals surface area contributed by atoms with E-state index in [1.807, 2.05) is 44.2 Å². The predicted molar refractivity (Wildman–Crippen MR) is 156 cm³/mol. The van der Waals surface area contributed by atoms with Gasteiger partial charge in [0.25, 0.3) is 5.91 Å². The highest BCUT2D eigenvalue weighted by Crippen LogP contribution is 2.30. The molecule has 0 saturated carbocycles. The Morgan fingerprint density at radius 3 is 2.49 bits per heavy atom. The van der Waals surface area contributed by atoms with Crippen LogP contribution in [0.1, 0.15) is 66.0 Å². The quantitative estimate of drug-likeness (QED) is 0.248. The number of carbonyl (C=O) groups excluding carboxylic acids is 1. The number of fused-ring (bicyclic) bond motifs is 1. The van der Waals surface area contributed by atoms with Gasteiger partial charge in [0.2, 0.25) is 0 Å². The van der Waals surface area contributed by atoms with Crippen LogP contribution < -0.4 is 10.1 Å². The second kappa shape index (κ2) is 11.1. The van der Waals surface area contributed by atoms with E-state index in [2.05, 4.69) is 42.8 Å². The van der Waals surface area contributed by atoms with E-state index in [-0.39, 0.29) is 11.3 Å². The molecule has 39 heavy (non-hydrogen) atoms. The number of ether oxygens (including phenoxy) is 1. The number of nitrogens with zero attached hydrogens (tertiary/aromatic N) is 1. The van der Waals surface area contributed by atoms with Crippen molar-refractivity contribution in [2.45, 2.75) is 66.2 Å². The fourth-order valence-corrected chi connectivity index (χ4v) is 4.77. The van der Waals surface area contributed by atoms with Crippen molar-refractivity contribution in [3.05, 3.63) is 99.2 Å². The third kappa shape index (κ3) is 6.28. The van der Waals surface area contributed by atoms with Gasteiger partial charge in [0.05, 0.1) is 0 Å². The third-order valence-corrected chi connectivity index (χ3v) is 7.52. The van der Waals surface area contributed by atoms with E-state index in [9.17, 15) is 9.59 Å². The zero-order valence-corrected chi connectivity index (χ0v) is 24.0. The van der Waals surface area contributed by atoms with Crippen molar-refractivity contribution in [1.82, 2.24) is 9.88 Å². The van der Waals surface area contributed by atoms with Gasteiger partial charge in [0.1, 0.15) is 5.75 Å². The van der Waals surface area contributed by atoms with Gasteiger partial charge in [-0.2, -0.15) is 0 Å². The number of hydrogen-bond acceptors (Lipinski definition) is 3. The lowest BCUT2D eigenvalue weighted by molar-refractivity contribution is -0.144. The van der Waals surface area contributed by atoms with E-state index in [4.69, 9.17) is 21.4 Å². The number of halogens is 1. The van der Waals surface area contributed by atoms with Crippen LogP contribution in [0.5, 0.6) is 5.75 Å². The first-order valence-corrected chi connectivity index (χ1v) is 13.4. The van der Waals surface area contributed by atoms with Gasteiger partial charge < -0.3 is 19.7 Å². The van der Waals surface area contributed by atoms with Gasteiger partial charge in [0, 0.05) is 40.3 Å². The Hall–Kier alpha value is -3.77. The maximum Gasteiger partial charge on any atom is 0.344 e. The maximum absolute atomic E-state index is 13.1. The largest absolute Gasteiger partial charge is 0.479 e. The number of aliphatic carboxylic acids is 1. The number of carbonyl (C=O) groups is 2. The van der Waals surface area contributed by atoms with Crippen LogP contribution in [0, 0.1) is 13.8 Å². The lowest BCUT2D eigenvalue weighted by Crippen LogP contribution is -2.23. The molecule has 3 aromatic carbocycles. The van der Waals surface area contributed by atoms with Crippen LogP contribution in [0.2, 0.25) is 5.02 Å². The fourth-order valence-electron chi connectivity index (χ4n) is 4.60. The van der Waals surface area contributed by atoms with Gasteiger partial charge in [-0.1, -0.05) is 56.6 Å². The molecule has 0 bridgehead atoms. The Morgan fingerprint density at radius 1 is 1.05 bits per heavy atom. The van der Waals surface area contributed by atoms with E-state index in [1.165, 1.54) is 12.5 Å². The summed E-state index contributed by atoms with van der Waals surface area (Å²) in [5, 5.41) is 13.8. The molecule has 204 valence electrons. The molecule has 1 aromatic heterocycles. The normalized spacial score (nSPS) is 12.4. The average molecular weight is 547 g/mol. The van der Waals surface area contributed by atoms with Gasteiger partial charge in [-0.15, -0.1) is 0 Å². The molecule has 2 N–H and O–H groups in total. The molecule has 1 atom stereocenters. The van der Waals surface area contributed by atoms with Crippen molar-refractivity contribution < 1.29 is 19.4 Å². The SMILES string of the molecule is Cc1c(C)n(Cc2cc(O[C@@H](C)C(=O)O)ccc2Cl)c2ccc(C(=O)NCc3cccc(C(C)(C)C)c3)cc12. The van der Waals surface area contributed by atoms with Crippen LogP contribution >= 0.6 is 11.6 Å².